The topological polar surface area (TPSA) is 152 Å². The van der Waals surface area contributed by atoms with Crippen molar-refractivity contribution in [1.29, 1.82) is 0 Å². The van der Waals surface area contributed by atoms with Gasteiger partial charge in [-0.3, -0.25) is 19.6 Å². The van der Waals surface area contributed by atoms with Gasteiger partial charge in [0, 0.05) is 73.4 Å². The normalized spacial score (nSPS) is 17.3. The van der Waals surface area contributed by atoms with Crippen molar-refractivity contribution < 1.29 is 23.5 Å². The summed E-state index contributed by atoms with van der Waals surface area (Å²) >= 11 is 6.92. The number of nitrogens with zero attached hydrogens (tertiary/aromatic N) is 4. The van der Waals surface area contributed by atoms with Crippen LogP contribution < -0.4 is 30.7 Å². The molecule has 0 bridgehead atoms. The summed E-state index contributed by atoms with van der Waals surface area (Å²) in [5.41, 5.74) is 3.51. The summed E-state index contributed by atoms with van der Waals surface area (Å²) in [6.07, 6.45) is 5.77. The van der Waals surface area contributed by atoms with Gasteiger partial charge in [0.2, 0.25) is 23.6 Å². The zero-order valence-corrected chi connectivity index (χ0v) is 27.4. The summed E-state index contributed by atoms with van der Waals surface area (Å²) < 4.78 is 27.3. The summed E-state index contributed by atoms with van der Waals surface area (Å²) in [5, 5.41) is 12.7. The molecule has 2 saturated heterocycles. The minimum atomic E-state index is -0.515. The molecule has 2 aliphatic rings. The van der Waals surface area contributed by atoms with Gasteiger partial charge < -0.3 is 30.7 Å². The van der Waals surface area contributed by atoms with Crippen LogP contribution in [0.3, 0.4) is 0 Å². The van der Waals surface area contributed by atoms with Crippen LogP contribution in [0.25, 0.3) is 33.6 Å². The van der Waals surface area contributed by atoms with Gasteiger partial charge in [0.05, 0.1) is 43.0 Å². The number of methoxy groups -OCH3 is 2. The standard InChI is InChI=1S/C34H36ClFN8O4/c1-47-33-27(15-37-13-19-9-11-29(45)41-19)39-17-25(43-33)23-7-3-5-21(31(23)35)22-6-4-8-24(32(22)36)26-18-40-28(34(44-26)48-2)16-38-14-20-10-12-30(46)42-20/h3-8,17-20,37-38H,9-16H2,1-2H3,(H,41,45)(H,42,46)/t19-,20-/m0/s1. The van der Waals surface area contributed by atoms with Gasteiger partial charge in [-0.25, -0.2) is 14.4 Å². The molecule has 4 aromatic rings. The van der Waals surface area contributed by atoms with E-state index in [4.69, 9.17) is 21.1 Å². The van der Waals surface area contributed by atoms with Crippen LogP contribution in [0.4, 0.5) is 4.39 Å². The number of aromatic nitrogens is 4. The summed E-state index contributed by atoms with van der Waals surface area (Å²) in [7, 11) is 3.01. The summed E-state index contributed by atoms with van der Waals surface area (Å²) in [6, 6.07) is 10.5. The van der Waals surface area contributed by atoms with Crippen molar-refractivity contribution in [3.05, 3.63) is 71.0 Å². The maximum atomic E-state index is 16.2. The second-order valence-corrected chi connectivity index (χ2v) is 12.0. The monoisotopic (exact) mass is 674 g/mol. The zero-order chi connectivity index (χ0) is 33.6. The molecule has 2 amide bonds. The van der Waals surface area contributed by atoms with Crippen LogP contribution in [0.1, 0.15) is 37.1 Å². The number of benzene rings is 2. The van der Waals surface area contributed by atoms with Crippen LogP contribution in [0, 0.1) is 5.82 Å². The maximum absolute atomic E-state index is 16.2. The second-order valence-electron chi connectivity index (χ2n) is 11.6. The molecule has 14 heteroatoms. The number of hydrogen-bond acceptors (Lipinski definition) is 10. The number of hydrogen-bond donors (Lipinski definition) is 4. The Kier molecular flexibility index (Phi) is 10.4. The van der Waals surface area contributed by atoms with Crippen molar-refractivity contribution in [3.63, 3.8) is 0 Å². The van der Waals surface area contributed by atoms with Gasteiger partial charge in [0.15, 0.2) is 0 Å². The molecule has 0 spiro atoms. The SMILES string of the molecule is COc1nc(-c2cccc(-c3cccc(-c4cnc(CNC[C@@H]5CCC(=O)N5)c(OC)n4)c3Cl)c2F)cnc1CNC[C@@H]1CCC(=O)N1. The highest BCUT2D eigenvalue weighted by atomic mass is 35.5. The molecule has 250 valence electrons. The van der Waals surface area contributed by atoms with Crippen LogP contribution in [-0.4, -0.2) is 71.1 Å². The molecule has 0 aliphatic carbocycles. The molecule has 48 heavy (non-hydrogen) atoms. The van der Waals surface area contributed by atoms with E-state index in [1.54, 1.807) is 42.6 Å². The summed E-state index contributed by atoms with van der Waals surface area (Å²) in [5.74, 6) is 0.217. The van der Waals surface area contributed by atoms with Gasteiger partial charge in [-0.15, -0.1) is 0 Å². The molecule has 12 nitrogen and oxygen atoms in total. The highest BCUT2D eigenvalue weighted by Gasteiger charge is 2.23. The summed E-state index contributed by atoms with van der Waals surface area (Å²) in [4.78, 5) is 41.2. The molecule has 2 aromatic heterocycles. The number of amides is 2. The molecule has 0 unspecified atom stereocenters. The Morgan fingerprint density at radius 2 is 1.25 bits per heavy atom. The number of rotatable bonds is 13. The first-order valence-electron chi connectivity index (χ1n) is 15.7. The highest BCUT2D eigenvalue weighted by molar-refractivity contribution is 6.36. The lowest BCUT2D eigenvalue weighted by Crippen LogP contribution is -2.35. The Morgan fingerprint density at radius 1 is 0.771 bits per heavy atom. The van der Waals surface area contributed by atoms with Gasteiger partial charge in [0.25, 0.3) is 0 Å². The fourth-order valence-corrected chi connectivity index (χ4v) is 6.21. The van der Waals surface area contributed by atoms with E-state index < -0.39 is 5.82 Å². The minimum absolute atomic E-state index is 0.0568. The van der Waals surface area contributed by atoms with Crippen molar-refractivity contribution >= 4 is 23.4 Å². The Morgan fingerprint density at radius 3 is 1.75 bits per heavy atom. The Balaban J connectivity index is 1.20. The fourth-order valence-electron chi connectivity index (χ4n) is 5.89. The maximum Gasteiger partial charge on any atom is 0.237 e. The molecular formula is C34H36ClFN8O4. The average molecular weight is 675 g/mol. The predicted octanol–water partition coefficient (Wildman–Crippen LogP) is 3.81. The zero-order valence-electron chi connectivity index (χ0n) is 26.6. The Hall–Kier alpha value is -4.72. The third kappa shape index (κ3) is 7.38. The van der Waals surface area contributed by atoms with E-state index in [0.29, 0.717) is 83.8 Å². The molecule has 2 aromatic carbocycles. The molecular weight excluding hydrogens is 639 g/mol. The van der Waals surface area contributed by atoms with Crippen molar-refractivity contribution in [1.82, 2.24) is 41.2 Å². The molecule has 4 heterocycles. The first kappa shape index (κ1) is 33.2. The molecule has 2 atom stereocenters. The van der Waals surface area contributed by atoms with Gasteiger partial charge in [0.1, 0.15) is 17.2 Å². The Labute approximate surface area is 282 Å². The van der Waals surface area contributed by atoms with Crippen LogP contribution in [0.5, 0.6) is 11.8 Å². The number of carbonyl (C=O) groups is 2. The van der Waals surface area contributed by atoms with Crippen molar-refractivity contribution in [2.24, 2.45) is 0 Å². The quantitative estimate of drug-likeness (QED) is 0.165. The number of nitrogens with one attached hydrogen (secondary N) is 4. The van der Waals surface area contributed by atoms with Gasteiger partial charge in [-0.1, -0.05) is 41.9 Å². The van der Waals surface area contributed by atoms with E-state index in [1.165, 1.54) is 20.4 Å². The summed E-state index contributed by atoms with van der Waals surface area (Å²) in [6.45, 7) is 1.98. The predicted molar refractivity (Wildman–Crippen MR) is 178 cm³/mol. The first-order valence-corrected chi connectivity index (χ1v) is 16.1. The third-order valence-corrected chi connectivity index (χ3v) is 8.79. The number of carbonyl (C=O) groups excluding carboxylic acids is 2. The lowest BCUT2D eigenvalue weighted by Gasteiger charge is -2.15. The van der Waals surface area contributed by atoms with E-state index in [9.17, 15) is 9.59 Å². The minimum Gasteiger partial charge on any atom is -0.480 e. The number of halogens is 2. The number of ether oxygens (including phenoxy) is 2. The van der Waals surface area contributed by atoms with Crippen molar-refractivity contribution in [2.75, 3.05) is 27.3 Å². The molecule has 0 radical (unpaired) electrons. The van der Waals surface area contributed by atoms with Gasteiger partial charge >= 0.3 is 0 Å². The van der Waals surface area contributed by atoms with E-state index >= 15 is 4.39 Å². The molecule has 6 rings (SSSR count). The van der Waals surface area contributed by atoms with E-state index in [-0.39, 0.29) is 40.9 Å². The van der Waals surface area contributed by atoms with E-state index in [1.807, 2.05) is 0 Å². The smallest absolute Gasteiger partial charge is 0.237 e. The molecule has 0 saturated carbocycles. The third-order valence-electron chi connectivity index (χ3n) is 8.39. The van der Waals surface area contributed by atoms with E-state index in [2.05, 4.69) is 41.2 Å². The van der Waals surface area contributed by atoms with Gasteiger partial charge in [-0.2, -0.15) is 0 Å². The van der Waals surface area contributed by atoms with E-state index in [0.717, 1.165) is 12.8 Å². The molecule has 2 fully saturated rings. The second kappa shape index (κ2) is 15.0. The average Bonchev–Trinajstić information content (AvgIpc) is 3.72. The van der Waals surface area contributed by atoms with Gasteiger partial charge in [-0.05, 0) is 18.9 Å². The van der Waals surface area contributed by atoms with Crippen LogP contribution >= 0.6 is 11.6 Å². The van der Waals surface area contributed by atoms with Crippen LogP contribution in [0.15, 0.2) is 48.8 Å². The molecule has 2 aliphatic heterocycles. The van der Waals surface area contributed by atoms with Crippen molar-refractivity contribution in [2.45, 2.75) is 50.9 Å². The lowest BCUT2D eigenvalue weighted by molar-refractivity contribution is -0.120. The Bertz CT molecular complexity index is 1700. The van der Waals surface area contributed by atoms with Crippen LogP contribution in [0.2, 0.25) is 5.02 Å². The fraction of sp³-hybridized carbons (Fsp3) is 0.353. The lowest BCUT2D eigenvalue weighted by atomic mass is 9.98. The van der Waals surface area contributed by atoms with Crippen LogP contribution in [-0.2, 0) is 22.7 Å². The highest BCUT2D eigenvalue weighted by Crippen LogP contribution is 2.39. The molecule has 4 N–H and O–H groups in total. The first-order chi connectivity index (χ1) is 23.3. The van der Waals surface area contributed by atoms with Crippen molar-refractivity contribution in [3.8, 4) is 45.4 Å². The largest absolute Gasteiger partial charge is 0.480 e.